The lowest BCUT2D eigenvalue weighted by Crippen LogP contribution is -2.22. The molecule has 0 saturated heterocycles. The molecule has 1 atom stereocenters. The van der Waals surface area contributed by atoms with Gasteiger partial charge in [-0.3, -0.25) is 4.57 Å². The standard InChI is InChI=1S/C22H16BrF3N2O3S/c1-12(14-4-2-3-5-15(14)22(24,25)26)10-31-18-9-19(32-20(18)21(29)30)28-11-27-16-8-13(23)6-7-17(16)28/h2-9,11-12H,10H2,1H3,(H,29,30)/p-1/t12-/m0/s1. The van der Waals surface area contributed by atoms with Crippen LogP contribution >= 0.6 is 27.3 Å². The number of hydrogen-bond acceptors (Lipinski definition) is 5. The smallest absolute Gasteiger partial charge is 0.416 e. The zero-order valence-corrected chi connectivity index (χ0v) is 18.9. The first kappa shape index (κ1) is 22.3. The van der Waals surface area contributed by atoms with Gasteiger partial charge in [-0.25, -0.2) is 4.98 Å². The fourth-order valence-electron chi connectivity index (χ4n) is 3.38. The normalized spacial score (nSPS) is 12.8. The molecule has 10 heteroatoms. The van der Waals surface area contributed by atoms with Crippen LogP contribution in [0.2, 0.25) is 0 Å². The Hall–Kier alpha value is -2.85. The monoisotopic (exact) mass is 523 g/mol. The largest absolute Gasteiger partial charge is 0.544 e. The number of alkyl halides is 3. The van der Waals surface area contributed by atoms with E-state index >= 15 is 0 Å². The van der Waals surface area contributed by atoms with Crippen LogP contribution in [-0.4, -0.2) is 22.1 Å². The van der Waals surface area contributed by atoms with Crippen LogP contribution < -0.4 is 9.84 Å². The minimum absolute atomic E-state index is 0.0419. The quantitative estimate of drug-likeness (QED) is 0.338. The van der Waals surface area contributed by atoms with Gasteiger partial charge >= 0.3 is 6.18 Å². The van der Waals surface area contributed by atoms with Crippen molar-refractivity contribution < 1.29 is 27.8 Å². The number of ether oxygens (including phenoxy) is 1. The van der Waals surface area contributed by atoms with Crippen molar-refractivity contribution in [3.8, 4) is 10.8 Å². The molecule has 32 heavy (non-hydrogen) atoms. The Balaban J connectivity index is 1.62. The average Bonchev–Trinajstić information content (AvgIpc) is 3.35. The van der Waals surface area contributed by atoms with Crippen LogP contribution in [0.25, 0.3) is 16.0 Å². The number of carbonyl (C=O) groups excluding carboxylic acids is 1. The van der Waals surface area contributed by atoms with Gasteiger partial charge in [0.1, 0.15) is 17.1 Å². The molecule has 4 aromatic rings. The Morgan fingerprint density at radius 3 is 2.72 bits per heavy atom. The maximum atomic E-state index is 13.3. The van der Waals surface area contributed by atoms with Gasteiger partial charge in [0, 0.05) is 16.5 Å². The molecule has 166 valence electrons. The maximum Gasteiger partial charge on any atom is 0.416 e. The molecule has 2 heterocycles. The van der Waals surface area contributed by atoms with Crippen LogP contribution in [0, 0.1) is 0 Å². The molecule has 0 saturated carbocycles. The summed E-state index contributed by atoms with van der Waals surface area (Å²) < 4.78 is 48.2. The van der Waals surface area contributed by atoms with E-state index in [1.54, 1.807) is 17.8 Å². The number of carboxylic acids is 1. The number of imidazole rings is 1. The van der Waals surface area contributed by atoms with E-state index in [9.17, 15) is 23.1 Å². The van der Waals surface area contributed by atoms with Gasteiger partial charge in [0.15, 0.2) is 0 Å². The summed E-state index contributed by atoms with van der Waals surface area (Å²) in [6, 6.07) is 12.3. The number of rotatable bonds is 6. The summed E-state index contributed by atoms with van der Waals surface area (Å²) in [4.78, 5) is 15.8. The third-order valence-corrected chi connectivity index (χ3v) is 6.49. The molecular formula is C22H15BrF3N2O3S-. The Morgan fingerprint density at radius 1 is 1.25 bits per heavy atom. The molecular weight excluding hydrogens is 509 g/mol. The molecule has 0 aliphatic rings. The van der Waals surface area contributed by atoms with E-state index < -0.39 is 23.6 Å². The van der Waals surface area contributed by atoms with E-state index in [1.165, 1.54) is 24.3 Å². The van der Waals surface area contributed by atoms with Crippen molar-refractivity contribution in [2.24, 2.45) is 0 Å². The van der Waals surface area contributed by atoms with E-state index in [0.717, 1.165) is 27.4 Å². The lowest BCUT2D eigenvalue weighted by Gasteiger charge is -2.19. The van der Waals surface area contributed by atoms with Crippen molar-refractivity contribution in [1.29, 1.82) is 0 Å². The van der Waals surface area contributed by atoms with Crippen LogP contribution in [0.3, 0.4) is 0 Å². The Morgan fingerprint density at radius 2 is 2.00 bits per heavy atom. The highest BCUT2D eigenvalue weighted by Crippen LogP contribution is 2.37. The van der Waals surface area contributed by atoms with Gasteiger partial charge < -0.3 is 14.6 Å². The summed E-state index contributed by atoms with van der Waals surface area (Å²) in [7, 11) is 0. The fourth-order valence-corrected chi connectivity index (χ4v) is 4.65. The van der Waals surface area contributed by atoms with Crippen molar-refractivity contribution >= 4 is 44.3 Å². The number of carboxylic acid groups (broad SMARTS) is 1. The predicted octanol–water partition coefficient (Wildman–Crippen LogP) is 5.41. The third kappa shape index (κ3) is 4.37. The Kier molecular flexibility index (Phi) is 6.00. The predicted molar refractivity (Wildman–Crippen MR) is 116 cm³/mol. The molecule has 0 N–H and O–H groups in total. The van der Waals surface area contributed by atoms with Gasteiger partial charge in [-0.05, 0) is 29.8 Å². The number of thiophene rings is 1. The van der Waals surface area contributed by atoms with Gasteiger partial charge in [-0.2, -0.15) is 13.2 Å². The molecule has 0 radical (unpaired) electrons. The van der Waals surface area contributed by atoms with Crippen LogP contribution in [0.4, 0.5) is 13.2 Å². The summed E-state index contributed by atoms with van der Waals surface area (Å²) in [6.07, 6.45) is -2.93. The average molecular weight is 524 g/mol. The summed E-state index contributed by atoms with van der Waals surface area (Å²) in [5.41, 5.74) is 0.816. The molecule has 0 aliphatic heterocycles. The number of benzene rings is 2. The summed E-state index contributed by atoms with van der Waals surface area (Å²) in [5.74, 6) is -2.01. The van der Waals surface area contributed by atoms with Gasteiger partial charge in [-0.15, -0.1) is 11.3 Å². The molecule has 0 aliphatic carbocycles. The number of aromatic carboxylic acids is 1. The zero-order chi connectivity index (χ0) is 23.0. The van der Waals surface area contributed by atoms with Gasteiger partial charge in [0.25, 0.3) is 0 Å². The second-order valence-electron chi connectivity index (χ2n) is 7.11. The SMILES string of the molecule is C[C@@H](COc1cc(-n2cnc3cc(Br)ccc32)sc1C(=O)[O-])c1ccccc1C(F)(F)F. The van der Waals surface area contributed by atoms with Crippen molar-refractivity contribution in [2.45, 2.75) is 19.0 Å². The van der Waals surface area contributed by atoms with Crippen LogP contribution in [0.15, 0.2) is 59.3 Å². The Labute approximate surface area is 193 Å². The van der Waals surface area contributed by atoms with E-state index in [1.807, 2.05) is 18.2 Å². The van der Waals surface area contributed by atoms with E-state index in [2.05, 4.69) is 20.9 Å². The highest BCUT2D eigenvalue weighted by molar-refractivity contribution is 9.10. The lowest BCUT2D eigenvalue weighted by atomic mass is 9.96. The van der Waals surface area contributed by atoms with Crippen molar-refractivity contribution in [1.82, 2.24) is 9.55 Å². The van der Waals surface area contributed by atoms with Crippen LogP contribution in [0.5, 0.6) is 5.75 Å². The molecule has 2 aromatic heterocycles. The molecule has 0 unspecified atom stereocenters. The molecule has 4 rings (SSSR count). The van der Waals surface area contributed by atoms with Crippen LogP contribution in [-0.2, 0) is 6.18 Å². The van der Waals surface area contributed by atoms with Gasteiger partial charge in [0.2, 0.25) is 0 Å². The summed E-state index contributed by atoms with van der Waals surface area (Å²) >= 11 is 4.32. The number of hydrogen-bond donors (Lipinski definition) is 0. The topological polar surface area (TPSA) is 67.2 Å². The highest BCUT2D eigenvalue weighted by Gasteiger charge is 2.34. The third-order valence-electron chi connectivity index (χ3n) is 4.90. The van der Waals surface area contributed by atoms with E-state index in [0.29, 0.717) is 10.5 Å². The molecule has 5 nitrogen and oxygen atoms in total. The van der Waals surface area contributed by atoms with Crippen molar-refractivity contribution in [3.05, 3.63) is 75.3 Å². The fraction of sp³-hybridized carbons (Fsp3) is 0.182. The molecule has 0 fully saturated rings. The number of aromatic nitrogens is 2. The lowest BCUT2D eigenvalue weighted by molar-refractivity contribution is -0.254. The minimum Gasteiger partial charge on any atom is -0.544 e. The second kappa shape index (κ2) is 8.59. The molecule has 2 aromatic carbocycles. The number of halogens is 4. The molecule has 0 amide bonds. The number of carbonyl (C=O) groups is 1. The molecule has 0 bridgehead atoms. The maximum absolute atomic E-state index is 13.3. The minimum atomic E-state index is -4.49. The number of fused-ring (bicyclic) bond motifs is 1. The first-order chi connectivity index (χ1) is 15.1. The summed E-state index contributed by atoms with van der Waals surface area (Å²) in [5, 5.41) is 12.2. The first-order valence-corrected chi connectivity index (χ1v) is 11.0. The Bertz CT molecular complexity index is 1300. The zero-order valence-electron chi connectivity index (χ0n) is 16.5. The van der Waals surface area contributed by atoms with Gasteiger partial charge in [0.05, 0.1) is 34.1 Å². The van der Waals surface area contributed by atoms with Crippen molar-refractivity contribution in [2.75, 3.05) is 6.61 Å². The first-order valence-electron chi connectivity index (χ1n) is 9.42. The highest BCUT2D eigenvalue weighted by atomic mass is 79.9. The van der Waals surface area contributed by atoms with Crippen LogP contribution in [0.1, 0.15) is 33.6 Å². The van der Waals surface area contributed by atoms with Gasteiger partial charge in [-0.1, -0.05) is 41.1 Å². The number of nitrogens with zero attached hydrogens (tertiary/aromatic N) is 2. The van der Waals surface area contributed by atoms with E-state index in [-0.39, 0.29) is 22.8 Å². The van der Waals surface area contributed by atoms with Crippen molar-refractivity contribution in [3.63, 3.8) is 0 Å². The molecule has 0 spiro atoms. The second-order valence-corrected chi connectivity index (χ2v) is 9.06. The van der Waals surface area contributed by atoms with E-state index in [4.69, 9.17) is 4.74 Å². The summed E-state index contributed by atoms with van der Waals surface area (Å²) in [6.45, 7) is 1.46.